The van der Waals surface area contributed by atoms with Crippen LogP contribution in [0.4, 0.5) is 0 Å². The van der Waals surface area contributed by atoms with E-state index in [0.29, 0.717) is 17.9 Å². The maximum Gasteiger partial charge on any atom is 0.251 e. The molecule has 0 saturated carbocycles. The summed E-state index contributed by atoms with van der Waals surface area (Å²) in [5.74, 6) is 0.552. The third-order valence-corrected chi connectivity index (χ3v) is 3.60. The van der Waals surface area contributed by atoms with Gasteiger partial charge in [0.05, 0.1) is 12.6 Å². The molecule has 122 valence electrons. The zero-order valence-electron chi connectivity index (χ0n) is 13.8. The summed E-state index contributed by atoms with van der Waals surface area (Å²) in [4.78, 5) is 12.4. The first-order chi connectivity index (χ1) is 11.2. The van der Waals surface area contributed by atoms with Crippen molar-refractivity contribution in [2.45, 2.75) is 26.0 Å². The second kappa shape index (κ2) is 8.34. The second-order valence-electron chi connectivity index (χ2n) is 5.29. The van der Waals surface area contributed by atoms with Crippen LogP contribution in [0.5, 0.6) is 5.75 Å². The molecule has 1 N–H and O–H groups in total. The summed E-state index contributed by atoms with van der Waals surface area (Å²) < 4.78 is 11.0. The molecule has 0 fully saturated rings. The first-order valence-electron chi connectivity index (χ1n) is 7.77. The quantitative estimate of drug-likeness (QED) is 0.850. The molecule has 4 nitrogen and oxygen atoms in total. The van der Waals surface area contributed by atoms with E-state index in [1.807, 2.05) is 56.3 Å². The number of methoxy groups -OCH3 is 1. The van der Waals surface area contributed by atoms with Crippen LogP contribution in [0.15, 0.2) is 54.6 Å². The molecule has 0 aliphatic rings. The lowest BCUT2D eigenvalue weighted by Gasteiger charge is -2.24. The summed E-state index contributed by atoms with van der Waals surface area (Å²) in [5.41, 5.74) is 1.61. The Morgan fingerprint density at radius 1 is 1.13 bits per heavy atom. The zero-order chi connectivity index (χ0) is 16.7. The Morgan fingerprint density at radius 3 is 2.52 bits per heavy atom. The van der Waals surface area contributed by atoms with E-state index in [4.69, 9.17) is 9.47 Å². The Balaban J connectivity index is 2.08. The SMILES string of the molecule is CCOc1cccc(C(=O)NC(C)C(OC)c2ccccc2)c1. The Hall–Kier alpha value is -2.33. The van der Waals surface area contributed by atoms with Gasteiger partial charge in [0.1, 0.15) is 11.9 Å². The molecule has 2 rings (SSSR count). The third-order valence-electron chi connectivity index (χ3n) is 3.60. The highest BCUT2D eigenvalue weighted by molar-refractivity contribution is 5.94. The molecule has 0 aliphatic heterocycles. The normalized spacial score (nSPS) is 13.2. The molecule has 1 amide bonds. The molecule has 4 heteroatoms. The molecule has 0 saturated heterocycles. The Bertz CT molecular complexity index is 628. The molecule has 2 aromatic rings. The van der Waals surface area contributed by atoms with E-state index in [1.54, 1.807) is 19.2 Å². The fourth-order valence-electron chi connectivity index (χ4n) is 2.53. The fraction of sp³-hybridized carbons (Fsp3) is 0.316. The maximum absolute atomic E-state index is 12.4. The Morgan fingerprint density at radius 2 is 1.87 bits per heavy atom. The number of carbonyl (C=O) groups excluding carboxylic acids is 1. The van der Waals surface area contributed by atoms with Crippen LogP contribution < -0.4 is 10.1 Å². The van der Waals surface area contributed by atoms with Gasteiger partial charge in [-0.1, -0.05) is 36.4 Å². The van der Waals surface area contributed by atoms with E-state index >= 15 is 0 Å². The van der Waals surface area contributed by atoms with Gasteiger partial charge in [0.15, 0.2) is 0 Å². The van der Waals surface area contributed by atoms with Crippen molar-refractivity contribution in [3.8, 4) is 5.75 Å². The topological polar surface area (TPSA) is 47.6 Å². The van der Waals surface area contributed by atoms with Crippen LogP contribution in [0.1, 0.15) is 35.9 Å². The van der Waals surface area contributed by atoms with Gasteiger partial charge in [0, 0.05) is 12.7 Å². The van der Waals surface area contributed by atoms with Gasteiger partial charge in [-0.2, -0.15) is 0 Å². The molecule has 0 aromatic heterocycles. The van der Waals surface area contributed by atoms with Crippen LogP contribution in [0.2, 0.25) is 0 Å². The van der Waals surface area contributed by atoms with Crippen LogP contribution >= 0.6 is 0 Å². The van der Waals surface area contributed by atoms with E-state index in [-0.39, 0.29) is 18.1 Å². The number of hydrogen-bond acceptors (Lipinski definition) is 3. The van der Waals surface area contributed by atoms with Gasteiger partial charge in [-0.15, -0.1) is 0 Å². The number of amides is 1. The number of benzene rings is 2. The van der Waals surface area contributed by atoms with Crippen LogP contribution in [0.25, 0.3) is 0 Å². The number of rotatable bonds is 7. The van der Waals surface area contributed by atoms with E-state index in [0.717, 1.165) is 5.56 Å². The molecule has 0 heterocycles. The van der Waals surface area contributed by atoms with Crippen LogP contribution in [0.3, 0.4) is 0 Å². The lowest BCUT2D eigenvalue weighted by molar-refractivity contribution is 0.0645. The van der Waals surface area contributed by atoms with Gasteiger partial charge in [-0.25, -0.2) is 0 Å². The van der Waals surface area contributed by atoms with E-state index in [9.17, 15) is 4.79 Å². The highest BCUT2D eigenvalue weighted by Gasteiger charge is 2.21. The van der Waals surface area contributed by atoms with Crippen molar-refractivity contribution in [3.05, 3.63) is 65.7 Å². The van der Waals surface area contributed by atoms with Gasteiger partial charge in [0.2, 0.25) is 0 Å². The van der Waals surface area contributed by atoms with Gasteiger partial charge >= 0.3 is 0 Å². The van der Waals surface area contributed by atoms with E-state index < -0.39 is 0 Å². The predicted octanol–water partition coefficient (Wildman–Crippen LogP) is 3.59. The average Bonchev–Trinajstić information content (AvgIpc) is 2.57. The predicted molar refractivity (Wildman–Crippen MR) is 90.7 cm³/mol. The van der Waals surface area contributed by atoms with Crippen LogP contribution in [-0.4, -0.2) is 25.7 Å². The largest absolute Gasteiger partial charge is 0.494 e. The zero-order valence-corrected chi connectivity index (χ0v) is 13.8. The molecular weight excluding hydrogens is 290 g/mol. The highest BCUT2D eigenvalue weighted by Crippen LogP contribution is 2.21. The summed E-state index contributed by atoms with van der Waals surface area (Å²) in [7, 11) is 1.65. The Labute approximate surface area is 137 Å². The molecule has 2 atom stereocenters. The van der Waals surface area contributed by atoms with Crippen molar-refractivity contribution in [1.29, 1.82) is 0 Å². The van der Waals surface area contributed by atoms with Crippen LogP contribution in [-0.2, 0) is 4.74 Å². The molecule has 2 aromatic carbocycles. The third kappa shape index (κ3) is 4.57. The second-order valence-corrected chi connectivity index (χ2v) is 5.29. The molecular formula is C19H23NO3. The van der Waals surface area contributed by atoms with Crippen molar-refractivity contribution < 1.29 is 14.3 Å². The van der Waals surface area contributed by atoms with Gasteiger partial charge in [0.25, 0.3) is 5.91 Å². The first-order valence-corrected chi connectivity index (χ1v) is 7.77. The smallest absolute Gasteiger partial charge is 0.251 e. The van der Waals surface area contributed by atoms with E-state index in [2.05, 4.69) is 5.32 Å². The van der Waals surface area contributed by atoms with Crippen molar-refractivity contribution in [1.82, 2.24) is 5.32 Å². The molecule has 23 heavy (non-hydrogen) atoms. The molecule has 2 unspecified atom stereocenters. The molecule has 0 spiro atoms. The summed E-state index contributed by atoms with van der Waals surface area (Å²) in [6, 6.07) is 16.9. The van der Waals surface area contributed by atoms with E-state index in [1.165, 1.54) is 0 Å². The lowest BCUT2D eigenvalue weighted by atomic mass is 10.0. The standard InChI is InChI=1S/C19H23NO3/c1-4-23-17-12-8-11-16(13-17)19(21)20-14(2)18(22-3)15-9-6-5-7-10-15/h5-14,18H,4H2,1-3H3,(H,20,21). The maximum atomic E-state index is 12.4. The van der Waals surface area contributed by atoms with Crippen molar-refractivity contribution in [2.75, 3.05) is 13.7 Å². The Kier molecular flexibility index (Phi) is 6.18. The molecule has 0 aliphatic carbocycles. The number of carbonyl (C=O) groups is 1. The van der Waals surface area contributed by atoms with Gasteiger partial charge < -0.3 is 14.8 Å². The summed E-state index contributed by atoms with van der Waals surface area (Å²) in [6.45, 7) is 4.42. The minimum Gasteiger partial charge on any atom is -0.494 e. The molecule has 0 bridgehead atoms. The van der Waals surface area contributed by atoms with Crippen molar-refractivity contribution in [3.63, 3.8) is 0 Å². The number of hydrogen-bond donors (Lipinski definition) is 1. The van der Waals surface area contributed by atoms with Crippen molar-refractivity contribution >= 4 is 5.91 Å². The fourth-order valence-corrected chi connectivity index (χ4v) is 2.53. The number of nitrogens with one attached hydrogen (secondary N) is 1. The average molecular weight is 313 g/mol. The summed E-state index contributed by atoms with van der Waals surface area (Å²) >= 11 is 0. The highest BCUT2D eigenvalue weighted by atomic mass is 16.5. The van der Waals surface area contributed by atoms with Crippen molar-refractivity contribution in [2.24, 2.45) is 0 Å². The minimum atomic E-state index is -0.199. The summed E-state index contributed by atoms with van der Waals surface area (Å²) in [5, 5.41) is 3.00. The number of ether oxygens (including phenoxy) is 2. The summed E-state index contributed by atoms with van der Waals surface area (Å²) in [6.07, 6.45) is -0.199. The minimum absolute atomic E-state index is 0.142. The van der Waals surface area contributed by atoms with Crippen LogP contribution in [0, 0.1) is 0 Å². The first kappa shape index (κ1) is 17.0. The van der Waals surface area contributed by atoms with Gasteiger partial charge in [-0.05, 0) is 37.6 Å². The lowest BCUT2D eigenvalue weighted by Crippen LogP contribution is -2.37. The monoisotopic (exact) mass is 313 g/mol. The van der Waals surface area contributed by atoms with Gasteiger partial charge in [-0.3, -0.25) is 4.79 Å². The molecule has 0 radical (unpaired) electrons.